The third kappa shape index (κ3) is 3.17. The van der Waals surface area contributed by atoms with Gasteiger partial charge in [-0.15, -0.1) is 0 Å². The molecule has 3 rings (SSSR count). The van der Waals surface area contributed by atoms with E-state index in [0.717, 1.165) is 6.42 Å². The Hall–Kier alpha value is -2.75. The molecular weight excluding hydrogens is 256 g/mol. The summed E-state index contributed by atoms with van der Waals surface area (Å²) < 4.78 is 0. The van der Waals surface area contributed by atoms with E-state index in [1.807, 2.05) is 0 Å². The van der Waals surface area contributed by atoms with Crippen molar-refractivity contribution in [2.24, 2.45) is 0 Å². The van der Waals surface area contributed by atoms with Gasteiger partial charge in [0.25, 0.3) is 5.95 Å². The minimum atomic E-state index is -1.38. The van der Waals surface area contributed by atoms with Gasteiger partial charge < -0.3 is 15.3 Å². The number of hydrogen-bond acceptors (Lipinski definition) is 3. The van der Waals surface area contributed by atoms with E-state index < -0.39 is 11.9 Å². The Morgan fingerprint density at radius 1 is 0.850 bits per heavy atom. The molecular formula is C16H14O4. The first kappa shape index (κ1) is 13.7. The first-order valence-electron chi connectivity index (χ1n) is 6.06. The second kappa shape index (κ2) is 5.93. The van der Waals surface area contributed by atoms with Gasteiger partial charge in [0.05, 0.1) is 0 Å². The zero-order chi connectivity index (χ0) is 14.5. The lowest BCUT2D eigenvalue weighted by atomic mass is 10.1. The lowest BCUT2D eigenvalue weighted by molar-refractivity contribution is -0.131. The second-order valence-corrected chi connectivity index (χ2v) is 4.33. The fourth-order valence-electron chi connectivity index (χ4n) is 2.19. The number of aliphatic hydroxyl groups is 2. The molecule has 0 radical (unpaired) electrons. The molecule has 4 heteroatoms. The van der Waals surface area contributed by atoms with E-state index in [-0.39, 0.29) is 6.08 Å². The number of hydrogen-bond donors (Lipinski definition) is 3. The molecule has 0 spiro atoms. The quantitative estimate of drug-likeness (QED) is 0.468. The van der Waals surface area contributed by atoms with Gasteiger partial charge >= 0.3 is 5.97 Å². The van der Waals surface area contributed by atoms with Crippen molar-refractivity contribution in [1.82, 2.24) is 0 Å². The fraction of sp³-hybridized carbons (Fsp3) is 0.0625. The Labute approximate surface area is 116 Å². The predicted octanol–water partition coefficient (Wildman–Crippen LogP) is 3.29. The molecule has 4 nitrogen and oxygen atoms in total. The van der Waals surface area contributed by atoms with E-state index in [2.05, 4.69) is 48.5 Å². The van der Waals surface area contributed by atoms with Gasteiger partial charge in [0.1, 0.15) is 6.08 Å². The monoisotopic (exact) mass is 270 g/mol. The first-order valence-corrected chi connectivity index (χ1v) is 6.06. The van der Waals surface area contributed by atoms with Crippen LogP contribution in [0.3, 0.4) is 0 Å². The average Bonchev–Trinajstić information content (AvgIpc) is 2.76. The zero-order valence-electron chi connectivity index (χ0n) is 10.7. The number of aliphatic carboxylic acids is 1. The van der Waals surface area contributed by atoms with Crippen molar-refractivity contribution in [1.29, 1.82) is 0 Å². The highest BCUT2D eigenvalue weighted by Crippen LogP contribution is 2.35. The number of fused-ring (bicyclic) bond motifs is 3. The zero-order valence-corrected chi connectivity index (χ0v) is 10.7. The minimum Gasteiger partial charge on any atom is -0.481 e. The summed E-state index contributed by atoms with van der Waals surface area (Å²) in [5, 5.41) is 23.2. The van der Waals surface area contributed by atoms with Crippen LogP contribution in [0.4, 0.5) is 0 Å². The lowest BCUT2D eigenvalue weighted by Gasteiger charge is -1.98. The van der Waals surface area contributed by atoms with Gasteiger partial charge in [0, 0.05) is 0 Å². The van der Waals surface area contributed by atoms with Crippen LogP contribution >= 0.6 is 0 Å². The van der Waals surface area contributed by atoms with Gasteiger partial charge in [0.2, 0.25) is 0 Å². The number of carboxylic acids is 1. The molecule has 0 saturated heterocycles. The molecule has 0 aromatic heterocycles. The Bertz CT molecular complexity index is 612. The van der Waals surface area contributed by atoms with E-state index >= 15 is 0 Å². The number of benzene rings is 2. The molecule has 3 N–H and O–H groups in total. The van der Waals surface area contributed by atoms with Crippen LogP contribution in [0.2, 0.25) is 0 Å². The summed E-state index contributed by atoms with van der Waals surface area (Å²) >= 11 is 0. The van der Waals surface area contributed by atoms with Crippen molar-refractivity contribution in [3.63, 3.8) is 0 Å². The maximum absolute atomic E-state index is 9.41. The highest BCUT2D eigenvalue weighted by molar-refractivity contribution is 5.79. The Balaban J connectivity index is 0.000000182. The van der Waals surface area contributed by atoms with E-state index in [1.54, 1.807) is 0 Å². The van der Waals surface area contributed by atoms with Crippen LogP contribution in [0.1, 0.15) is 11.1 Å². The Morgan fingerprint density at radius 2 is 1.30 bits per heavy atom. The molecule has 20 heavy (non-hydrogen) atoms. The third-order valence-electron chi connectivity index (χ3n) is 2.96. The molecule has 1 aliphatic carbocycles. The molecule has 0 bridgehead atoms. The third-order valence-corrected chi connectivity index (χ3v) is 2.96. The van der Waals surface area contributed by atoms with Crippen molar-refractivity contribution in [2.45, 2.75) is 6.42 Å². The predicted molar refractivity (Wildman–Crippen MR) is 75.7 cm³/mol. The standard InChI is InChI=1S/C13H10.C3H4O4/c1-3-7-12-10(5-1)9-11-6-2-4-8-13(11)12;4-2(5)1-3(6)7/h1-8H,9H2;1,4-5H,(H,6,7). The lowest BCUT2D eigenvalue weighted by Crippen LogP contribution is -1.89. The van der Waals surface area contributed by atoms with Gasteiger partial charge in [-0.3, -0.25) is 0 Å². The smallest absolute Gasteiger partial charge is 0.335 e. The molecule has 0 amide bonds. The van der Waals surface area contributed by atoms with Crippen molar-refractivity contribution < 1.29 is 20.1 Å². The van der Waals surface area contributed by atoms with E-state index in [4.69, 9.17) is 15.3 Å². The molecule has 2 aromatic carbocycles. The van der Waals surface area contributed by atoms with Crippen LogP contribution < -0.4 is 0 Å². The second-order valence-electron chi connectivity index (χ2n) is 4.33. The van der Waals surface area contributed by atoms with E-state index in [1.165, 1.54) is 22.3 Å². The summed E-state index contributed by atoms with van der Waals surface area (Å²) in [6.45, 7) is 0. The van der Waals surface area contributed by atoms with Gasteiger partial charge in [-0.05, 0) is 28.7 Å². The molecule has 0 unspecified atom stereocenters. The molecule has 102 valence electrons. The molecule has 2 aromatic rings. The first-order chi connectivity index (χ1) is 9.58. The van der Waals surface area contributed by atoms with Gasteiger partial charge in [-0.2, -0.15) is 0 Å². The number of carboxylic acid groups (broad SMARTS) is 1. The van der Waals surface area contributed by atoms with Crippen molar-refractivity contribution in [3.8, 4) is 11.1 Å². The number of aliphatic hydroxyl groups excluding tert-OH is 1. The summed E-state index contributed by atoms with van der Waals surface area (Å²) in [4.78, 5) is 9.41. The van der Waals surface area contributed by atoms with Crippen LogP contribution in [0.25, 0.3) is 11.1 Å². The highest BCUT2D eigenvalue weighted by atomic mass is 16.5. The van der Waals surface area contributed by atoms with Gasteiger partial charge in [0.15, 0.2) is 0 Å². The van der Waals surface area contributed by atoms with Crippen LogP contribution in [-0.4, -0.2) is 21.3 Å². The van der Waals surface area contributed by atoms with Crippen molar-refractivity contribution in [3.05, 3.63) is 71.7 Å². The van der Waals surface area contributed by atoms with Crippen LogP contribution in [0.15, 0.2) is 60.6 Å². The summed E-state index contributed by atoms with van der Waals surface area (Å²) in [5.41, 5.74) is 5.75. The van der Waals surface area contributed by atoms with E-state index in [0.29, 0.717) is 0 Å². The summed E-state index contributed by atoms with van der Waals surface area (Å²) in [7, 11) is 0. The summed E-state index contributed by atoms with van der Waals surface area (Å²) in [6, 6.07) is 17.3. The summed E-state index contributed by atoms with van der Waals surface area (Å²) in [5.74, 6) is -2.56. The van der Waals surface area contributed by atoms with Crippen molar-refractivity contribution >= 4 is 5.97 Å². The molecule has 0 heterocycles. The van der Waals surface area contributed by atoms with Gasteiger partial charge in [-0.1, -0.05) is 48.5 Å². The average molecular weight is 270 g/mol. The van der Waals surface area contributed by atoms with Gasteiger partial charge in [-0.25, -0.2) is 4.79 Å². The molecule has 0 aliphatic heterocycles. The Morgan fingerprint density at radius 3 is 1.65 bits per heavy atom. The topological polar surface area (TPSA) is 77.8 Å². The normalized spacial score (nSPS) is 10.6. The molecule has 0 fully saturated rings. The number of rotatable bonds is 1. The molecule has 0 saturated carbocycles. The fourth-order valence-corrected chi connectivity index (χ4v) is 2.19. The maximum atomic E-state index is 9.41. The van der Waals surface area contributed by atoms with Crippen LogP contribution in [0, 0.1) is 0 Å². The molecule has 1 aliphatic rings. The largest absolute Gasteiger partial charge is 0.481 e. The van der Waals surface area contributed by atoms with E-state index in [9.17, 15) is 4.79 Å². The summed E-state index contributed by atoms with van der Waals surface area (Å²) in [6.07, 6.45) is 1.38. The molecule has 0 atom stereocenters. The minimum absolute atomic E-state index is 0.278. The Kier molecular flexibility index (Phi) is 4.05. The highest BCUT2D eigenvalue weighted by Gasteiger charge is 2.15. The van der Waals surface area contributed by atoms with Crippen LogP contribution in [-0.2, 0) is 11.2 Å². The SMILES string of the molecule is O=C(O)C=C(O)O.c1ccc2c(c1)Cc1ccccc1-2. The van der Waals surface area contributed by atoms with Crippen LogP contribution in [0.5, 0.6) is 0 Å². The maximum Gasteiger partial charge on any atom is 0.335 e. The van der Waals surface area contributed by atoms with Crippen molar-refractivity contribution in [2.75, 3.05) is 0 Å². The number of carbonyl (C=O) groups is 1.